The number of rotatable bonds is 9. The van der Waals surface area contributed by atoms with E-state index in [9.17, 15) is 29.1 Å². The molecule has 0 spiro atoms. The lowest BCUT2D eigenvalue weighted by atomic mass is 9.91. The Labute approximate surface area is 347 Å². The van der Waals surface area contributed by atoms with Crippen molar-refractivity contribution in [1.29, 1.82) is 0 Å². The number of ketones is 1. The maximum atomic E-state index is 12.7. The summed E-state index contributed by atoms with van der Waals surface area (Å²) in [5.74, 6) is -1.87. The van der Waals surface area contributed by atoms with Crippen molar-refractivity contribution in [2.75, 3.05) is 26.4 Å². The monoisotopic (exact) mass is 826 g/mol. The van der Waals surface area contributed by atoms with Gasteiger partial charge < -0.3 is 48.9 Å². The van der Waals surface area contributed by atoms with Crippen molar-refractivity contribution < 1.29 is 62.2 Å². The molecular formula is C44H62N2O13. The van der Waals surface area contributed by atoms with E-state index in [2.05, 4.69) is 10.6 Å². The van der Waals surface area contributed by atoms with E-state index in [0.29, 0.717) is 12.8 Å². The van der Waals surface area contributed by atoms with Gasteiger partial charge in [-0.15, -0.1) is 0 Å². The number of allylic oxidation sites excluding steroid dienone is 1. The summed E-state index contributed by atoms with van der Waals surface area (Å²) in [6.07, 6.45) is -0.426. The SMILES string of the molecule is CC(=O)/C=C/O[C@@H]1[C@@H](Cc2ccccc2)COC[C@H](NC(=O)OC(C)(C)C)C(=O)O[C@H]1C.C[C@@H]1OC(=O)[C@@H](NC(=O)OC(C)(C)C)COC[C@H](Cc2ccccc2)[C@H]1O. The first-order valence-corrected chi connectivity index (χ1v) is 19.8. The average Bonchev–Trinajstić information content (AvgIpc) is 3.21. The van der Waals surface area contributed by atoms with Crippen LogP contribution in [0.4, 0.5) is 9.59 Å². The van der Waals surface area contributed by atoms with Gasteiger partial charge in [-0.2, -0.15) is 0 Å². The Morgan fingerprint density at radius 2 is 1.12 bits per heavy atom. The van der Waals surface area contributed by atoms with Crippen LogP contribution in [-0.2, 0) is 60.4 Å². The fraction of sp³-hybridized carbons (Fsp3) is 0.568. The summed E-state index contributed by atoms with van der Waals surface area (Å²) in [6, 6.07) is 17.6. The van der Waals surface area contributed by atoms with Gasteiger partial charge in [0, 0.05) is 17.9 Å². The van der Waals surface area contributed by atoms with Crippen molar-refractivity contribution in [3.05, 3.63) is 84.1 Å². The fourth-order valence-electron chi connectivity index (χ4n) is 6.17. The molecule has 4 rings (SSSR count). The normalized spacial score (nSPS) is 25.7. The van der Waals surface area contributed by atoms with Gasteiger partial charge in [-0.1, -0.05) is 60.7 Å². The van der Waals surface area contributed by atoms with E-state index in [0.717, 1.165) is 11.1 Å². The maximum absolute atomic E-state index is 12.7. The highest BCUT2D eigenvalue weighted by molar-refractivity contribution is 5.87. The number of aliphatic hydroxyl groups is 1. The highest BCUT2D eigenvalue weighted by Gasteiger charge is 2.37. The quantitative estimate of drug-likeness (QED) is 0.129. The summed E-state index contributed by atoms with van der Waals surface area (Å²) in [6.45, 7) is 15.6. The highest BCUT2D eigenvalue weighted by atomic mass is 16.6. The van der Waals surface area contributed by atoms with Gasteiger partial charge in [-0.3, -0.25) is 4.79 Å². The maximum Gasteiger partial charge on any atom is 0.408 e. The molecular weight excluding hydrogens is 764 g/mol. The van der Waals surface area contributed by atoms with E-state index in [4.69, 9.17) is 33.2 Å². The molecule has 2 aliphatic heterocycles. The first-order chi connectivity index (χ1) is 27.7. The van der Waals surface area contributed by atoms with E-state index < -0.39 is 71.8 Å². The Bertz CT molecular complexity index is 1670. The first-order valence-electron chi connectivity index (χ1n) is 19.8. The number of amides is 2. The van der Waals surface area contributed by atoms with Crippen molar-refractivity contribution in [2.45, 2.75) is 123 Å². The summed E-state index contributed by atoms with van der Waals surface area (Å²) in [7, 11) is 0. The van der Waals surface area contributed by atoms with Crippen molar-refractivity contribution in [2.24, 2.45) is 11.8 Å². The summed E-state index contributed by atoms with van der Waals surface area (Å²) in [4.78, 5) is 60.5. The lowest BCUT2D eigenvalue weighted by Gasteiger charge is -2.30. The summed E-state index contributed by atoms with van der Waals surface area (Å²) in [5.41, 5.74) is 0.749. The molecule has 15 heteroatoms. The van der Waals surface area contributed by atoms with E-state index in [-0.39, 0.29) is 44.0 Å². The van der Waals surface area contributed by atoms with E-state index in [1.165, 1.54) is 19.3 Å². The molecule has 15 nitrogen and oxygen atoms in total. The number of alkyl carbamates (subject to hydrolysis) is 2. The van der Waals surface area contributed by atoms with Crippen molar-refractivity contribution >= 4 is 29.9 Å². The van der Waals surface area contributed by atoms with Crippen LogP contribution in [0, 0.1) is 11.8 Å². The number of carbonyl (C=O) groups is 5. The van der Waals surface area contributed by atoms with Crippen molar-refractivity contribution in [1.82, 2.24) is 10.6 Å². The smallest absolute Gasteiger partial charge is 0.408 e. The lowest BCUT2D eigenvalue weighted by molar-refractivity contribution is -0.158. The standard InChI is InChI=1S/C24H33NO7.C20H29NO6/c1-16(26)11-12-30-21-17(2)31-22(27)20(25-23(28)32-24(3,4)5)15-29-14-19(21)13-18-9-7-6-8-10-18;1-13-17(22)15(10-14-8-6-5-7-9-14)11-25-12-16(18(23)26-13)21-19(24)27-20(2,3)4/h6-12,17,19-21H,13-15H2,1-5H3,(H,25,28);5-9,13,15-17,22H,10-12H2,1-4H3,(H,21,24)/b12-11+;/t17-,19-,20-,21-;13-,15-,16-,17-/m00/s1. The second-order valence-electron chi connectivity index (χ2n) is 16.7. The van der Waals surface area contributed by atoms with Gasteiger partial charge in [0.05, 0.1) is 38.8 Å². The molecule has 0 bridgehead atoms. The Morgan fingerprint density at radius 1 is 0.695 bits per heavy atom. The van der Waals surface area contributed by atoms with Crippen LogP contribution in [0.1, 0.15) is 73.4 Å². The minimum absolute atomic E-state index is 0.0528. The molecule has 2 heterocycles. The number of carbonyl (C=O) groups excluding carboxylic acids is 5. The molecule has 2 saturated heterocycles. The number of aliphatic hydroxyl groups excluding tert-OH is 1. The predicted molar refractivity (Wildman–Crippen MR) is 217 cm³/mol. The molecule has 0 aromatic heterocycles. The highest BCUT2D eigenvalue weighted by Crippen LogP contribution is 2.24. The van der Waals surface area contributed by atoms with Crippen LogP contribution >= 0.6 is 0 Å². The van der Waals surface area contributed by atoms with E-state index in [1.54, 1.807) is 55.4 Å². The number of esters is 2. The molecule has 8 atom stereocenters. The van der Waals surface area contributed by atoms with Crippen LogP contribution in [0.25, 0.3) is 0 Å². The van der Waals surface area contributed by atoms with Crippen molar-refractivity contribution in [3.63, 3.8) is 0 Å². The average molecular weight is 827 g/mol. The largest absolute Gasteiger partial charge is 0.494 e. The third-order valence-electron chi connectivity index (χ3n) is 8.90. The van der Waals surface area contributed by atoms with Gasteiger partial charge in [0.25, 0.3) is 0 Å². The van der Waals surface area contributed by atoms with Gasteiger partial charge in [0.1, 0.15) is 29.5 Å². The third-order valence-corrected chi connectivity index (χ3v) is 8.90. The van der Waals surface area contributed by atoms with E-state index in [1.807, 2.05) is 60.7 Å². The van der Waals surface area contributed by atoms with Crippen LogP contribution in [0.2, 0.25) is 0 Å². The molecule has 0 unspecified atom stereocenters. The number of hydrogen-bond donors (Lipinski definition) is 3. The van der Waals surface area contributed by atoms with Gasteiger partial charge in [0.15, 0.2) is 17.9 Å². The van der Waals surface area contributed by atoms with Crippen LogP contribution < -0.4 is 10.6 Å². The summed E-state index contributed by atoms with van der Waals surface area (Å²) in [5, 5.41) is 15.6. The molecule has 0 radical (unpaired) electrons. The Hall–Kier alpha value is -4.99. The minimum atomic E-state index is -1.02. The van der Waals surface area contributed by atoms with Gasteiger partial charge in [-0.05, 0) is 86.3 Å². The van der Waals surface area contributed by atoms with Crippen LogP contribution in [-0.4, -0.2) is 109 Å². The Kier molecular flexibility index (Phi) is 18.8. The number of cyclic esters (lactones) is 2. The van der Waals surface area contributed by atoms with Crippen LogP contribution in [0.3, 0.4) is 0 Å². The summed E-state index contributed by atoms with van der Waals surface area (Å²) >= 11 is 0. The second-order valence-corrected chi connectivity index (χ2v) is 16.7. The summed E-state index contributed by atoms with van der Waals surface area (Å²) < 4.78 is 38.7. The van der Waals surface area contributed by atoms with Gasteiger partial charge in [0.2, 0.25) is 0 Å². The molecule has 326 valence electrons. The minimum Gasteiger partial charge on any atom is -0.494 e. The molecule has 2 fully saturated rings. The number of hydrogen-bond acceptors (Lipinski definition) is 13. The fourth-order valence-corrected chi connectivity index (χ4v) is 6.17. The zero-order valence-corrected chi connectivity index (χ0v) is 35.6. The van der Waals surface area contributed by atoms with E-state index >= 15 is 0 Å². The zero-order valence-electron chi connectivity index (χ0n) is 35.6. The van der Waals surface area contributed by atoms with Crippen LogP contribution in [0.15, 0.2) is 73.0 Å². The zero-order chi connectivity index (χ0) is 43.8. The molecule has 0 saturated carbocycles. The first kappa shape index (κ1) is 48.4. The molecule has 2 aliphatic rings. The molecule has 2 aromatic carbocycles. The van der Waals surface area contributed by atoms with Crippen molar-refractivity contribution in [3.8, 4) is 0 Å². The number of benzene rings is 2. The number of nitrogens with one attached hydrogen (secondary N) is 2. The Balaban J connectivity index is 0.000000320. The number of ether oxygens (including phenoxy) is 7. The third kappa shape index (κ3) is 18.2. The predicted octanol–water partition coefficient (Wildman–Crippen LogP) is 5.25. The van der Waals surface area contributed by atoms with Gasteiger partial charge in [-0.25, -0.2) is 19.2 Å². The van der Waals surface area contributed by atoms with Gasteiger partial charge >= 0.3 is 24.1 Å². The molecule has 2 aromatic rings. The topological polar surface area (TPSA) is 194 Å². The molecule has 59 heavy (non-hydrogen) atoms. The molecule has 3 N–H and O–H groups in total. The van der Waals surface area contributed by atoms with Crippen LogP contribution in [0.5, 0.6) is 0 Å². The molecule has 2 amide bonds. The second kappa shape index (κ2) is 23.0. The Morgan fingerprint density at radius 3 is 1.56 bits per heavy atom. The lowest BCUT2D eigenvalue weighted by Crippen LogP contribution is -2.47. The molecule has 0 aliphatic carbocycles.